The summed E-state index contributed by atoms with van der Waals surface area (Å²) in [5, 5.41) is 6.19. The maximum absolute atomic E-state index is 6.45. The van der Waals surface area contributed by atoms with Gasteiger partial charge in [0.25, 0.3) is 0 Å². The van der Waals surface area contributed by atoms with Gasteiger partial charge >= 0.3 is 0 Å². The van der Waals surface area contributed by atoms with Crippen LogP contribution in [0.5, 0.6) is 0 Å². The van der Waals surface area contributed by atoms with Crippen LogP contribution in [-0.2, 0) is 4.74 Å². The average Bonchev–Trinajstić information content (AvgIpc) is 3.68. The highest BCUT2D eigenvalue weighted by Crippen LogP contribution is 2.39. The molecule has 2 nitrogen and oxygen atoms in total. The Balaban J connectivity index is 1.04. The Kier molecular flexibility index (Phi) is 5.31. The number of hydrogen-bond donors (Lipinski definition) is 0. The lowest BCUT2D eigenvalue weighted by Crippen LogP contribution is -1.97. The maximum Gasteiger partial charge on any atom is 0.135 e. The van der Waals surface area contributed by atoms with Crippen LogP contribution in [0, 0.1) is 0 Å². The molecular weight excluding hydrogens is 488 g/mol. The number of furan rings is 1. The molecule has 0 aliphatic carbocycles. The Morgan fingerprint density at radius 3 is 1.82 bits per heavy atom. The number of hydrogen-bond acceptors (Lipinski definition) is 2. The summed E-state index contributed by atoms with van der Waals surface area (Å²) in [6.07, 6.45) is 3.08. The van der Waals surface area contributed by atoms with Gasteiger partial charge in [-0.1, -0.05) is 115 Å². The molecule has 1 atom stereocenters. The second-order valence-electron chi connectivity index (χ2n) is 10.5. The molecule has 1 aliphatic rings. The van der Waals surface area contributed by atoms with Gasteiger partial charge in [0.15, 0.2) is 0 Å². The van der Waals surface area contributed by atoms with Crippen molar-refractivity contribution in [1.82, 2.24) is 0 Å². The number of ether oxygens (including phenoxy) is 1. The molecule has 0 radical (unpaired) electrons. The van der Waals surface area contributed by atoms with Gasteiger partial charge in [0.2, 0.25) is 0 Å². The third-order valence-corrected chi connectivity index (χ3v) is 8.01. The van der Waals surface area contributed by atoms with E-state index in [-0.39, 0.29) is 6.10 Å². The Morgan fingerprint density at radius 2 is 1.12 bits per heavy atom. The van der Waals surface area contributed by atoms with Gasteiger partial charge in [-0.3, -0.25) is 0 Å². The Hall–Kier alpha value is -5.08. The van der Waals surface area contributed by atoms with E-state index in [1.54, 1.807) is 0 Å². The van der Waals surface area contributed by atoms with Crippen molar-refractivity contribution in [1.29, 1.82) is 0 Å². The molecule has 0 bridgehead atoms. The molecule has 2 heterocycles. The van der Waals surface area contributed by atoms with E-state index in [1.807, 2.05) is 18.2 Å². The summed E-state index contributed by atoms with van der Waals surface area (Å²) in [4.78, 5) is 0. The number of para-hydroxylation sites is 1. The topological polar surface area (TPSA) is 22.4 Å². The van der Waals surface area contributed by atoms with Gasteiger partial charge in [-0.05, 0) is 62.5 Å². The SMILES string of the molecule is C1=C(c2ccc(-c3c4ccccc4cc4ccccc34)cc2)OC(c2ccc(-c3cc4ccccc4o3)cc2)C1. The largest absolute Gasteiger partial charge is 0.485 e. The van der Waals surface area contributed by atoms with Gasteiger partial charge < -0.3 is 9.15 Å². The van der Waals surface area contributed by atoms with Gasteiger partial charge in [0, 0.05) is 22.9 Å². The summed E-state index contributed by atoms with van der Waals surface area (Å²) in [7, 11) is 0. The van der Waals surface area contributed by atoms with Crippen molar-refractivity contribution in [2.75, 3.05) is 0 Å². The van der Waals surface area contributed by atoms with Crippen LogP contribution in [0.1, 0.15) is 23.7 Å². The molecule has 7 aromatic rings. The second-order valence-corrected chi connectivity index (χ2v) is 10.5. The monoisotopic (exact) mass is 514 g/mol. The average molecular weight is 515 g/mol. The van der Waals surface area contributed by atoms with Crippen LogP contribution >= 0.6 is 0 Å². The molecule has 0 fully saturated rings. The normalized spacial score (nSPS) is 15.0. The fourth-order valence-corrected chi connectivity index (χ4v) is 5.97. The fraction of sp³-hybridized carbons (Fsp3) is 0.0526. The highest BCUT2D eigenvalue weighted by molar-refractivity contribution is 6.12. The van der Waals surface area contributed by atoms with Crippen molar-refractivity contribution in [2.24, 2.45) is 0 Å². The summed E-state index contributed by atoms with van der Waals surface area (Å²) in [6.45, 7) is 0. The highest BCUT2D eigenvalue weighted by atomic mass is 16.5. The van der Waals surface area contributed by atoms with Crippen molar-refractivity contribution in [2.45, 2.75) is 12.5 Å². The van der Waals surface area contributed by atoms with Crippen molar-refractivity contribution in [3.63, 3.8) is 0 Å². The first-order valence-corrected chi connectivity index (χ1v) is 13.8. The molecule has 2 heteroatoms. The minimum atomic E-state index is 0.0152. The number of fused-ring (bicyclic) bond motifs is 3. The van der Waals surface area contributed by atoms with Crippen molar-refractivity contribution in [3.05, 3.63) is 151 Å². The molecule has 0 saturated heterocycles. The molecular formula is C38H26O2. The zero-order valence-electron chi connectivity index (χ0n) is 21.9. The smallest absolute Gasteiger partial charge is 0.135 e. The number of rotatable bonds is 4. The van der Waals surface area contributed by atoms with E-state index in [0.29, 0.717) is 0 Å². The summed E-state index contributed by atoms with van der Waals surface area (Å²) < 4.78 is 12.5. The standard InChI is InChI=1S/C38H26O2/c1-4-10-32-29(7-1)23-30-8-2-5-11-33(30)38(32)28-19-17-26(18-20-28)36-22-21-35(39-36)25-13-15-27(16-14-25)37-24-31-9-3-6-12-34(31)40-37/h1-20,22-24,35H,21H2. The van der Waals surface area contributed by atoms with E-state index >= 15 is 0 Å². The van der Waals surface area contributed by atoms with Gasteiger partial charge in [0.1, 0.15) is 23.2 Å². The van der Waals surface area contributed by atoms with Gasteiger partial charge in [-0.25, -0.2) is 0 Å². The molecule has 0 N–H and O–H groups in total. The lowest BCUT2D eigenvalue weighted by atomic mass is 9.91. The third kappa shape index (κ3) is 3.88. The summed E-state index contributed by atoms with van der Waals surface area (Å²) in [5.74, 6) is 1.83. The summed E-state index contributed by atoms with van der Waals surface area (Å²) in [6, 6.07) is 47.1. The molecule has 0 saturated carbocycles. The van der Waals surface area contributed by atoms with Crippen LogP contribution < -0.4 is 0 Å². The first-order valence-electron chi connectivity index (χ1n) is 13.8. The quantitative estimate of drug-likeness (QED) is 0.218. The van der Waals surface area contributed by atoms with Crippen molar-refractivity contribution in [3.8, 4) is 22.5 Å². The highest BCUT2D eigenvalue weighted by Gasteiger charge is 2.22. The minimum Gasteiger partial charge on any atom is -0.485 e. The molecule has 1 aromatic heterocycles. The Morgan fingerprint density at radius 1 is 0.525 bits per heavy atom. The zero-order chi connectivity index (χ0) is 26.5. The van der Waals surface area contributed by atoms with E-state index in [9.17, 15) is 0 Å². The Labute approximate surface area is 232 Å². The molecule has 6 aromatic carbocycles. The lowest BCUT2D eigenvalue weighted by Gasteiger charge is -2.15. The zero-order valence-corrected chi connectivity index (χ0v) is 21.9. The van der Waals surface area contributed by atoms with E-state index < -0.39 is 0 Å². The van der Waals surface area contributed by atoms with E-state index in [1.165, 1.54) is 38.2 Å². The van der Waals surface area contributed by atoms with E-state index in [2.05, 4.69) is 121 Å². The number of benzene rings is 6. The van der Waals surface area contributed by atoms with Crippen molar-refractivity contribution >= 4 is 38.3 Å². The fourth-order valence-electron chi connectivity index (χ4n) is 5.97. The van der Waals surface area contributed by atoms with Crippen LogP contribution in [0.4, 0.5) is 0 Å². The molecule has 1 aliphatic heterocycles. The predicted octanol–water partition coefficient (Wildman–Crippen LogP) is 10.6. The van der Waals surface area contributed by atoms with E-state index in [0.717, 1.165) is 40.0 Å². The van der Waals surface area contributed by atoms with Crippen LogP contribution in [-0.4, -0.2) is 0 Å². The minimum absolute atomic E-state index is 0.0152. The molecule has 1 unspecified atom stereocenters. The third-order valence-electron chi connectivity index (χ3n) is 8.01. The Bertz CT molecular complexity index is 1960. The van der Waals surface area contributed by atoms with Gasteiger partial charge in [-0.2, -0.15) is 0 Å². The van der Waals surface area contributed by atoms with Crippen LogP contribution in [0.25, 0.3) is 60.7 Å². The maximum atomic E-state index is 6.45. The van der Waals surface area contributed by atoms with Crippen molar-refractivity contribution < 1.29 is 9.15 Å². The van der Waals surface area contributed by atoms with Gasteiger partial charge in [0.05, 0.1) is 0 Å². The molecule has 8 rings (SSSR count). The molecule has 0 amide bonds. The second kappa shape index (κ2) is 9.29. The predicted molar refractivity (Wildman–Crippen MR) is 165 cm³/mol. The van der Waals surface area contributed by atoms with Crippen LogP contribution in [0.15, 0.2) is 144 Å². The lowest BCUT2D eigenvalue weighted by molar-refractivity contribution is 0.194. The summed E-state index contributed by atoms with van der Waals surface area (Å²) >= 11 is 0. The molecule has 190 valence electrons. The first kappa shape index (κ1) is 22.9. The van der Waals surface area contributed by atoms with Crippen LogP contribution in [0.2, 0.25) is 0 Å². The molecule has 0 spiro atoms. The van der Waals surface area contributed by atoms with E-state index in [4.69, 9.17) is 9.15 Å². The van der Waals surface area contributed by atoms with Crippen LogP contribution in [0.3, 0.4) is 0 Å². The first-order chi connectivity index (χ1) is 19.8. The summed E-state index contributed by atoms with van der Waals surface area (Å²) in [5.41, 5.74) is 6.76. The van der Waals surface area contributed by atoms with Gasteiger partial charge in [-0.15, -0.1) is 0 Å². The molecule has 40 heavy (non-hydrogen) atoms.